The first-order valence-corrected chi connectivity index (χ1v) is 15.0. The van der Waals surface area contributed by atoms with E-state index in [1.807, 2.05) is 30.3 Å². The van der Waals surface area contributed by atoms with Crippen molar-refractivity contribution >= 4 is 39.9 Å². The second-order valence-electron chi connectivity index (χ2n) is 10.3. The van der Waals surface area contributed by atoms with Gasteiger partial charge in [0.15, 0.2) is 0 Å². The lowest BCUT2D eigenvalue weighted by molar-refractivity contribution is 0.103. The van der Waals surface area contributed by atoms with Crippen molar-refractivity contribution in [2.45, 2.75) is 26.4 Å². The number of rotatable bonds is 11. The molecule has 0 amide bonds. The Bertz CT molecular complexity index is 1320. The van der Waals surface area contributed by atoms with Gasteiger partial charge in [-0.25, -0.2) is 9.97 Å². The van der Waals surface area contributed by atoms with E-state index >= 15 is 0 Å². The third-order valence-electron chi connectivity index (χ3n) is 7.77. The maximum Gasteiger partial charge on any atom is 0.145 e. The highest BCUT2D eigenvalue weighted by Gasteiger charge is 2.27. The van der Waals surface area contributed by atoms with Gasteiger partial charge >= 0.3 is 0 Å². The molecule has 2 heterocycles. The molecular weight excluding hydrogens is 539 g/mol. The molecule has 3 aromatic carbocycles. The minimum absolute atomic E-state index is 0.148. The van der Waals surface area contributed by atoms with Crippen molar-refractivity contribution in [2.75, 3.05) is 57.7 Å². The molecule has 1 aromatic heterocycles. The summed E-state index contributed by atoms with van der Waals surface area (Å²) in [6, 6.07) is 24.8. The molecule has 1 aliphatic rings. The van der Waals surface area contributed by atoms with Gasteiger partial charge in [-0.15, -0.1) is 0 Å². The van der Waals surface area contributed by atoms with Crippen LogP contribution in [0.3, 0.4) is 0 Å². The zero-order valence-electron chi connectivity index (χ0n) is 23.4. The Morgan fingerprint density at radius 1 is 0.800 bits per heavy atom. The monoisotopic (exact) mass is 576 g/mol. The fraction of sp³-hybridized carbons (Fsp3) is 0.375. The number of hydrogen-bond donors (Lipinski definition) is 1. The maximum absolute atomic E-state index is 6.21. The lowest BCUT2D eigenvalue weighted by Crippen LogP contribution is -2.47. The molecule has 0 saturated carbocycles. The highest BCUT2D eigenvalue weighted by molar-refractivity contribution is 6.30. The van der Waals surface area contributed by atoms with Crippen LogP contribution in [0.2, 0.25) is 10.0 Å². The second kappa shape index (κ2) is 13.7. The van der Waals surface area contributed by atoms with Gasteiger partial charge < -0.3 is 10.2 Å². The number of likely N-dealkylation sites (N-methyl/N-ethyl adjacent to an activating group) is 1. The molecule has 1 saturated heterocycles. The first-order chi connectivity index (χ1) is 19.5. The lowest BCUT2D eigenvalue weighted by Gasteiger charge is -2.39. The fourth-order valence-electron chi connectivity index (χ4n) is 5.49. The zero-order chi connectivity index (χ0) is 27.9. The number of nitrogens with zero attached hydrogens (tertiary/aromatic N) is 5. The Hall–Kier alpha value is -2.74. The summed E-state index contributed by atoms with van der Waals surface area (Å²) in [5.41, 5.74) is 3.46. The summed E-state index contributed by atoms with van der Waals surface area (Å²) in [7, 11) is 0. The quantitative estimate of drug-likeness (QED) is 0.217. The highest BCUT2D eigenvalue weighted by Crippen LogP contribution is 2.31. The van der Waals surface area contributed by atoms with Crippen molar-refractivity contribution in [1.82, 2.24) is 24.7 Å². The largest absolute Gasteiger partial charge is 0.368 e. The third-order valence-corrected chi connectivity index (χ3v) is 8.28. The van der Waals surface area contributed by atoms with Gasteiger partial charge in [0.2, 0.25) is 0 Å². The summed E-state index contributed by atoms with van der Waals surface area (Å²) in [6.07, 6.45) is 0. The summed E-state index contributed by atoms with van der Waals surface area (Å²) >= 11 is 12.4. The van der Waals surface area contributed by atoms with Gasteiger partial charge in [-0.1, -0.05) is 73.4 Å². The number of anilines is 1. The maximum atomic E-state index is 6.21. The standard InChI is InChI=1S/C32H38Cl2N6/c1-3-38(4-2)18-17-35-32-28-7-5-6-8-29(28)36-30(37-32)23-39-19-21-40(22-20-39)31(24-9-13-26(33)14-10-24)25-11-15-27(34)16-12-25/h5-16,31H,3-4,17-23H2,1-2H3,(H,35,36,37). The number of hydrogen-bond acceptors (Lipinski definition) is 6. The lowest BCUT2D eigenvalue weighted by atomic mass is 9.96. The van der Waals surface area contributed by atoms with Crippen LogP contribution in [0.1, 0.15) is 36.8 Å². The van der Waals surface area contributed by atoms with Crippen molar-refractivity contribution in [3.8, 4) is 0 Å². The van der Waals surface area contributed by atoms with E-state index in [1.165, 1.54) is 11.1 Å². The average Bonchev–Trinajstić information content (AvgIpc) is 2.98. The first kappa shape index (κ1) is 28.8. The Kier molecular flexibility index (Phi) is 9.89. The average molecular weight is 578 g/mol. The number of fused-ring (bicyclic) bond motifs is 1. The van der Waals surface area contributed by atoms with Crippen LogP contribution in [-0.4, -0.2) is 77.0 Å². The van der Waals surface area contributed by atoms with Crippen LogP contribution in [0.15, 0.2) is 72.8 Å². The highest BCUT2D eigenvalue weighted by atomic mass is 35.5. The SMILES string of the molecule is CCN(CC)CCNc1nc(CN2CCN(C(c3ccc(Cl)cc3)c3ccc(Cl)cc3)CC2)nc2ccccc12. The Morgan fingerprint density at radius 2 is 1.40 bits per heavy atom. The summed E-state index contributed by atoms with van der Waals surface area (Å²) < 4.78 is 0. The molecule has 0 unspecified atom stereocenters. The zero-order valence-corrected chi connectivity index (χ0v) is 24.9. The molecule has 1 aliphatic heterocycles. The normalized spacial score (nSPS) is 14.8. The van der Waals surface area contributed by atoms with Crippen molar-refractivity contribution in [3.63, 3.8) is 0 Å². The van der Waals surface area contributed by atoms with Crippen LogP contribution in [0.5, 0.6) is 0 Å². The van der Waals surface area contributed by atoms with E-state index < -0.39 is 0 Å². The molecule has 0 aliphatic carbocycles. The van der Waals surface area contributed by atoms with E-state index in [0.29, 0.717) is 0 Å². The van der Waals surface area contributed by atoms with E-state index in [2.05, 4.69) is 76.3 Å². The smallest absolute Gasteiger partial charge is 0.145 e. The molecule has 6 nitrogen and oxygen atoms in total. The molecule has 4 aromatic rings. The van der Waals surface area contributed by atoms with Crippen LogP contribution >= 0.6 is 23.2 Å². The first-order valence-electron chi connectivity index (χ1n) is 14.2. The molecule has 210 valence electrons. The number of nitrogens with one attached hydrogen (secondary N) is 1. The Balaban J connectivity index is 1.28. The molecular formula is C32H38Cl2N6. The summed E-state index contributed by atoms with van der Waals surface area (Å²) in [4.78, 5) is 17.3. The molecule has 40 heavy (non-hydrogen) atoms. The van der Waals surface area contributed by atoms with Crippen LogP contribution in [0.4, 0.5) is 5.82 Å². The van der Waals surface area contributed by atoms with Crippen molar-refractivity contribution < 1.29 is 0 Å². The number of piperazine rings is 1. The number of halogens is 2. The summed E-state index contributed by atoms with van der Waals surface area (Å²) in [6.45, 7) is 12.9. The molecule has 1 N–H and O–H groups in total. The third kappa shape index (κ3) is 7.12. The Morgan fingerprint density at radius 3 is 2.00 bits per heavy atom. The van der Waals surface area contributed by atoms with Gasteiger partial charge in [0, 0.05) is 54.7 Å². The van der Waals surface area contributed by atoms with E-state index in [1.54, 1.807) is 0 Å². The van der Waals surface area contributed by atoms with Gasteiger partial charge in [0.05, 0.1) is 18.1 Å². The van der Waals surface area contributed by atoms with Crippen LogP contribution in [0, 0.1) is 0 Å². The number of benzene rings is 3. The predicted molar refractivity (Wildman–Crippen MR) is 167 cm³/mol. The topological polar surface area (TPSA) is 47.5 Å². The van der Waals surface area contributed by atoms with E-state index in [9.17, 15) is 0 Å². The molecule has 5 rings (SSSR count). The van der Waals surface area contributed by atoms with E-state index in [4.69, 9.17) is 33.2 Å². The molecule has 0 radical (unpaired) electrons. The molecule has 1 fully saturated rings. The predicted octanol–water partition coefficient (Wildman–Crippen LogP) is 6.60. The van der Waals surface area contributed by atoms with Crippen molar-refractivity contribution in [1.29, 1.82) is 0 Å². The van der Waals surface area contributed by atoms with Gasteiger partial charge in [-0.2, -0.15) is 0 Å². The second-order valence-corrected chi connectivity index (χ2v) is 11.1. The van der Waals surface area contributed by atoms with Crippen LogP contribution in [-0.2, 0) is 6.54 Å². The molecule has 8 heteroatoms. The molecule has 0 spiro atoms. The van der Waals surface area contributed by atoms with Gasteiger partial charge in [0.1, 0.15) is 11.6 Å². The van der Waals surface area contributed by atoms with E-state index in [-0.39, 0.29) is 6.04 Å². The van der Waals surface area contributed by atoms with Gasteiger partial charge in [-0.05, 0) is 60.6 Å². The van der Waals surface area contributed by atoms with E-state index in [0.717, 1.165) is 91.5 Å². The minimum atomic E-state index is 0.148. The van der Waals surface area contributed by atoms with Crippen molar-refractivity contribution in [3.05, 3.63) is 99.8 Å². The summed E-state index contributed by atoms with van der Waals surface area (Å²) in [5.74, 6) is 1.79. The number of aromatic nitrogens is 2. The Labute approximate surface area is 247 Å². The number of para-hydroxylation sites is 1. The van der Waals surface area contributed by atoms with Gasteiger partial charge in [0.25, 0.3) is 0 Å². The van der Waals surface area contributed by atoms with Crippen molar-refractivity contribution in [2.24, 2.45) is 0 Å². The van der Waals surface area contributed by atoms with Crippen LogP contribution < -0.4 is 5.32 Å². The van der Waals surface area contributed by atoms with Gasteiger partial charge in [-0.3, -0.25) is 9.80 Å². The van der Waals surface area contributed by atoms with Crippen LogP contribution in [0.25, 0.3) is 10.9 Å². The summed E-state index contributed by atoms with van der Waals surface area (Å²) in [5, 5.41) is 6.17. The minimum Gasteiger partial charge on any atom is -0.368 e. The molecule has 0 bridgehead atoms. The molecule has 0 atom stereocenters. The fourth-order valence-corrected chi connectivity index (χ4v) is 5.74.